The fourth-order valence-electron chi connectivity index (χ4n) is 3.16. The number of hydrogen-bond acceptors (Lipinski definition) is 2. The van der Waals surface area contributed by atoms with Crippen molar-refractivity contribution in [3.8, 4) is 0 Å². The molecule has 0 fully saturated rings. The molecule has 0 radical (unpaired) electrons. The van der Waals surface area contributed by atoms with E-state index in [0.717, 1.165) is 19.5 Å². The molecule has 1 aromatic heterocycles. The maximum absolute atomic E-state index is 4.63. The van der Waals surface area contributed by atoms with Crippen LogP contribution < -0.4 is 5.32 Å². The first kappa shape index (κ1) is 13.3. The van der Waals surface area contributed by atoms with Crippen molar-refractivity contribution in [1.82, 2.24) is 10.3 Å². The molecular weight excluding hydrogens is 244 g/mol. The van der Waals surface area contributed by atoms with Crippen LogP contribution in [0, 0.1) is 6.92 Å². The van der Waals surface area contributed by atoms with E-state index < -0.39 is 0 Å². The number of aryl methyl sites for hydroxylation is 2. The standard InChI is InChI=1S/C18H22N2/c1-3-19-12-14-7-6-13(2)17(11-14)16-9-8-15-5-4-10-20-18(15)16/h4-7,10-11,16,19H,3,8-9,12H2,1-2H3. The molecule has 1 heterocycles. The third kappa shape index (κ3) is 2.48. The number of pyridine rings is 1. The van der Waals surface area contributed by atoms with Crippen molar-refractivity contribution in [3.63, 3.8) is 0 Å². The molecule has 0 bridgehead atoms. The van der Waals surface area contributed by atoms with Gasteiger partial charge >= 0.3 is 0 Å². The van der Waals surface area contributed by atoms with Crippen molar-refractivity contribution >= 4 is 0 Å². The van der Waals surface area contributed by atoms with Crippen molar-refractivity contribution < 1.29 is 0 Å². The zero-order valence-corrected chi connectivity index (χ0v) is 12.3. The van der Waals surface area contributed by atoms with Gasteiger partial charge in [0.2, 0.25) is 0 Å². The Morgan fingerprint density at radius 2 is 2.20 bits per heavy atom. The first-order valence-corrected chi connectivity index (χ1v) is 7.53. The molecule has 0 amide bonds. The minimum Gasteiger partial charge on any atom is -0.313 e. The number of fused-ring (bicyclic) bond motifs is 1. The fraction of sp³-hybridized carbons (Fsp3) is 0.389. The number of rotatable bonds is 4. The molecule has 2 aromatic rings. The maximum Gasteiger partial charge on any atom is 0.0510 e. The van der Waals surface area contributed by atoms with Crippen molar-refractivity contribution in [2.24, 2.45) is 0 Å². The van der Waals surface area contributed by atoms with Gasteiger partial charge in [-0.05, 0) is 54.6 Å². The molecule has 2 heteroatoms. The van der Waals surface area contributed by atoms with E-state index in [0.29, 0.717) is 5.92 Å². The zero-order chi connectivity index (χ0) is 13.9. The van der Waals surface area contributed by atoms with Crippen LogP contribution in [0.15, 0.2) is 36.5 Å². The molecule has 0 saturated heterocycles. The maximum atomic E-state index is 4.63. The normalized spacial score (nSPS) is 17.2. The van der Waals surface area contributed by atoms with Gasteiger partial charge in [-0.3, -0.25) is 4.98 Å². The summed E-state index contributed by atoms with van der Waals surface area (Å²) >= 11 is 0. The van der Waals surface area contributed by atoms with E-state index in [1.54, 1.807) is 0 Å². The third-order valence-electron chi connectivity index (χ3n) is 4.26. The highest BCUT2D eigenvalue weighted by Gasteiger charge is 2.26. The Balaban J connectivity index is 1.94. The third-order valence-corrected chi connectivity index (χ3v) is 4.26. The molecule has 20 heavy (non-hydrogen) atoms. The average molecular weight is 266 g/mol. The van der Waals surface area contributed by atoms with Gasteiger partial charge in [-0.2, -0.15) is 0 Å². The van der Waals surface area contributed by atoms with E-state index in [1.165, 1.54) is 34.4 Å². The first-order chi connectivity index (χ1) is 9.79. The van der Waals surface area contributed by atoms with Gasteiger partial charge in [0.05, 0.1) is 5.69 Å². The van der Waals surface area contributed by atoms with Crippen LogP contribution in [0.1, 0.15) is 47.2 Å². The second-order valence-corrected chi connectivity index (χ2v) is 5.61. The van der Waals surface area contributed by atoms with Gasteiger partial charge < -0.3 is 5.32 Å². The van der Waals surface area contributed by atoms with Gasteiger partial charge in [0, 0.05) is 18.7 Å². The van der Waals surface area contributed by atoms with E-state index in [1.807, 2.05) is 6.20 Å². The highest BCUT2D eigenvalue weighted by Crippen LogP contribution is 2.38. The van der Waals surface area contributed by atoms with Crippen molar-refractivity contribution in [2.45, 2.75) is 39.2 Å². The van der Waals surface area contributed by atoms with Crippen LogP contribution >= 0.6 is 0 Å². The summed E-state index contributed by atoms with van der Waals surface area (Å²) in [6.07, 6.45) is 4.28. The van der Waals surface area contributed by atoms with Crippen LogP contribution in [0.4, 0.5) is 0 Å². The highest BCUT2D eigenvalue weighted by molar-refractivity contribution is 5.43. The average Bonchev–Trinajstić information content (AvgIpc) is 2.90. The topological polar surface area (TPSA) is 24.9 Å². The SMILES string of the molecule is CCNCc1ccc(C)c(C2CCc3cccnc32)c1. The Kier molecular flexibility index (Phi) is 3.83. The van der Waals surface area contributed by atoms with Crippen molar-refractivity contribution in [2.75, 3.05) is 6.54 Å². The van der Waals surface area contributed by atoms with E-state index in [2.05, 4.69) is 54.5 Å². The van der Waals surface area contributed by atoms with Crippen LogP contribution in [-0.2, 0) is 13.0 Å². The van der Waals surface area contributed by atoms with Gasteiger partial charge in [0.15, 0.2) is 0 Å². The Morgan fingerprint density at radius 3 is 3.05 bits per heavy atom. The lowest BCUT2D eigenvalue weighted by molar-refractivity contribution is 0.720. The number of benzene rings is 1. The van der Waals surface area contributed by atoms with Crippen LogP contribution in [0.5, 0.6) is 0 Å². The summed E-state index contributed by atoms with van der Waals surface area (Å²) in [6, 6.07) is 11.1. The predicted octanol–water partition coefficient (Wildman–Crippen LogP) is 3.58. The molecule has 1 N–H and O–H groups in total. The molecule has 1 unspecified atom stereocenters. The lowest BCUT2D eigenvalue weighted by atomic mass is 9.91. The van der Waals surface area contributed by atoms with E-state index in [4.69, 9.17) is 0 Å². The fourth-order valence-corrected chi connectivity index (χ4v) is 3.16. The lowest BCUT2D eigenvalue weighted by Gasteiger charge is -2.16. The molecule has 1 aliphatic rings. The summed E-state index contributed by atoms with van der Waals surface area (Å²) < 4.78 is 0. The largest absolute Gasteiger partial charge is 0.313 e. The van der Waals surface area contributed by atoms with Crippen molar-refractivity contribution in [1.29, 1.82) is 0 Å². The molecule has 3 rings (SSSR count). The molecule has 0 aliphatic heterocycles. The second-order valence-electron chi connectivity index (χ2n) is 5.61. The number of aromatic nitrogens is 1. The summed E-state index contributed by atoms with van der Waals surface area (Å²) in [6.45, 7) is 6.32. The second kappa shape index (κ2) is 5.76. The van der Waals surface area contributed by atoms with Gasteiger partial charge in [0.1, 0.15) is 0 Å². The molecule has 2 nitrogen and oxygen atoms in total. The monoisotopic (exact) mass is 266 g/mol. The van der Waals surface area contributed by atoms with Crippen LogP contribution in [-0.4, -0.2) is 11.5 Å². The van der Waals surface area contributed by atoms with Gasteiger partial charge in [-0.15, -0.1) is 0 Å². The van der Waals surface area contributed by atoms with Crippen LogP contribution in [0.2, 0.25) is 0 Å². The number of hydrogen-bond donors (Lipinski definition) is 1. The summed E-state index contributed by atoms with van der Waals surface area (Å²) in [4.78, 5) is 4.63. The zero-order valence-electron chi connectivity index (χ0n) is 12.3. The quantitative estimate of drug-likeness (QED) is 0.915. The lowest BCUT2D eigenvalue weighted by Crippen LogP contribution is -2.12. The van der Waals surface area contributed by atoms with E-state index >= 15 is 0 Å². The van der Waals surface area contributed by atoms with Crippen LogP contribution in [0.25, 0.3) is 0 Å². The Bertz CT molecular complexity index is 604. The van der Waals surface area contributed by atoms with E-state index in [-0.39, 0.29) is 0 Å². The molecule has 0 saturated carbocycles. The molecule has 0 spiro atoms. The van der Waals surface area contributed by atoms with Gasteiger partial charge in [-0.25, -0.2) is 0 Å². The summed E-state index contributed by atoms with van der Waals surface area (Å²) in [5.74, 6) is 0.479. The smallest absolute Gasteiger partial charge is 0.0510 e. The minimum atomic E-state index is 0.479. The molecule has 104 valence electrons. The summed E-state index contributed by atoms with van der Waals surface area (Å²) in [5.41, 5.74) is 6.92. The minimum absolute atomic E-state index is 0.479. The summed E-state index contributed by atoms with van der Waals surface area (Å²) in [7, 11) is 0. The molecular formula is C18H22N2. The number of nitrogens with zero attached hydrogens (tertiary/aromatic N) is 1. The Morgan fingerprint density at radius 1 is 1.30 bits per heavy atom. The predicted molar refractivity (Wildman–Crippen MR) is 83.0 cm³/mol. The molecule has 1 atom stereocenters. The molecule has 1 aliphatic carbocycles. The number of nitrogens with one attached hydrogen (secondary N) is 1. The Labute approximate surface area is 121 Å². The van der Waals surface area contributed by atoms with Gasteiger partial charge in [-0.1, -0.05) is 31.2 Å². The van der Waals surface area contributed by atoms with Crippen LogP contribution in [0.3, 0.4) is 0 Å². The Hall–Kier alpha value is -1.67. The van der Waals surface area contributed by atoms with Crippen molar-refractivity contribution in [3.05, 3.63) is 64.5 Å². The van der Waals surface area contributed by atoms with E-state index in [9.17, 15) is 0 Å². The molecule has 1 aromatic carbocycles. The summed E-state index contributed by atoms with van der Waals surface area (Å²) in [5, 5.41) is 3.41. The first-order valence-electron chi connectivity index (χ1n) is 7.53. The highest BCUT2D eigenvalue weighted by atomic mass is 14.8. The van der Waals surface area contributed by atoms with Gasteiger partial charge in [0.25, 0.3) is 0 Å².